The van der Waals surface area contributed by atoms with E-state index in [1.807, 2.05) is 31.4 Å². The zero-order valence-electron chi connectivity index (χ0n) is 12.2. The van der Waals surface area contributed by atoms with Crippen LogP contribution < -0.4 is 10.0 Å². The van der Waals surface area contributed by atoms with Gasteiger partial charge in [0, 0.05) is 34.1 Å². The quantitative estimate of drug-likeness (QED) is 0.748. The Morgan fingerprint density at radius 1 is 1.18 bits per heavy atom. The number of nitrogens with one attached hydrogen (secondary N) is 2. The topological polar surface area (TPSA) is 41.1 Å². The summed E-state index contributed by atoms with van der Waals surface area (Å²) >= 11 is 13.6. The van der Waals surface area contributed by atoms with Crippen LogP contribution in [-0.4, -0.2) is 12.2 Å². The van der Waals surface area contributed by atoms with Gasteiger partial charge in [0.2, 0.25) is 0 Å². The van der Waals surface area contributed by atoms with Crippen molar-refractivity contribution in [2.24, 2.45) is 0 Å². The van der Waals surface area contributed by atoms with Gasteiger partial charge in [0.05, 0.1) is 0 Å². The van der Waals surface area contributed by atoms with Crippen LogP contribution in [0.1, 0.15) is 21.5 Å². The van der Waals surface area contributed by atoms with E-state index in [1.54, 1.807) is 18.2 Å². The lowest BCUT2D eigenvalue weighted by Gasteiger charge is -2.11. The number of benzene rings is 2. The Morgan fingerprint density at radius 2 is 1.86 bits per heavy atom. The molecule has 2 N–H and O–H groups in total. The summed E-state index contributed by atoms with van der Waals surface area (Å²) in [6, 6.07) is 10.8. The normalized spacial score (nSPS) is 10.4. The van der Waals surface area contributed by atoms with Gasteiger partial charge < -0.3 is 10.0 Å². The van der Waals surface area contributed by atoms with Gasteiger partial charge in [-0.25, -0.2) is 0 Å². The summed E-state index contributed by atoms with van der Waals surface area (Å²) in [7, 11) is 0. The molecule has 3 nitrogen and oxygen atoms in total. The van der Waals surface area contributed by atoms with Crippen LogP contribution in [0.3, 0.4) is 0 Å². The summed E-state index contributed by atoms with van der Waals surface area (Å²) in [6.45, 7) is 2.29. The maximum Gasteiger partial charge on any atom is 0.251 e. The largest absolute Gasteiger partial charge is 0.348 e. The van der Waals surface area contributed by atoms with E-state index in [4.69, 9.17) is 23.2 Å². The molecule has 0 bridgehead atoms. The van der Waals surface area contributed by atoms with Crippen molar-refractivity contribution < 1.29 is 4.79 Å². The second kappa shape index (κ2) is 7.77. The van der Waals surface area contributed by atoms with Gasteiger partial charge in [-0.15, -0.1) is 0 Å². The van der Waals surface area contributed by atoms with Crippen molar-refractivity contribution in [1.29, 1.82) is 0 Å². The van der Waals surface area contributed by atoms with Crippen LogP contribution >= 0.6 is 35.1 Å². The van der Waals surface area contributed by atoms with Crippen LogP contribution in [0.2, 0.25) is 10.0 Å². The fourth-order valence-electron chi connectivity index (χ4n) is 2.03. The van der Waals surface area contributed by atoms with Crippen molar-refractivity contribution in [3.05, 3.63) is 63.1 Å². The van der Waals surface area contributed by atoms with E-state index in [-0.39, 0.29) is 5.91 Å². The third-order valence-electron chi connectivity index (χ3n) is 3.18. The Bertz CT molecular complexity index is 651. The van der Waals surface area contributed by atoms with Crippen molar-refractivity contribution in [2.75, 3.05) is 11.0 Å². The fourth-order valence-corrected chi connectivity index (χ4v) is 3.07. The highest BCUT2D eigenvalue weighted by molar-refractivity contribution is 7.99. The monoisotopic (exact) mass is 354 g/mol. The van der Waals surface area contributed by atoms with E-state index in [2.05, 4.69) is 10.0 Å². The van der Waals surface area contributed by atoms with E-state index < -0.39 is 0 Å². The van der Waals surface area contributed by atoms with Gasteiger partial charge in [-0.1, -0.05) is 35.1 Å². The molecule has 0 aromatic heterocycles. The number of anilines is 1. The highest BCUT2D eigenvalue weighted by Gasteiger charge is 2.09. The van der Waals surface area contributed by atoms with Gasteiger partial charge in [0.1, 0.15) is 0 Å². The highest BCUT2D eigenvalue weighted by Crippen LogP contribution is 2.25. The SMILES string of the molecule is CSNc1ccc(C(=O)NCc2c(C)cc(Cl)cc2Cl)cc1. The van der Waals surface area contributed by atoms with Crippen LogP contribution in [0.5, 0.6) is 0 Å². The van der Waals surface area contributed by atoms with E-state index in [0.29, 0.717) is 22.2 Å². The molecule has 0 unspecified atom stereocenters. The van der Waals surface area contributed by atoms with Gasteiger partial charge in [0.15, 0.2) is 0 Å². The van der Waals surface area contributed by atoms with Crippen LogP contribution in [0.25, 0.3) is 0 Å². The molecule has 2 aromatic carbocycles. The van der Waals surface area contributed by atoms with Crippen molar-refractivity contribution in [2.45, 2.75) is 13.5 Å². The molecule has 116 valence electrons. The second-order valence-electron chi connectivity index (χ2n) is 4.75. The first-order valence-electron chi connectivity index (χ1n) is 6.63. The molecular formula is C16H16Cl2N2OS. The average molecular weight is 355 g/mol. The molecule has 1 amide bonds. The molecule has 0 saturated heterocycles. The van der Waals surface area contributed by atoms with Crippen LogP contribution in [-0.2, 0) is 6.54 Å². The Morgan fingerprint density at radius 3 is 2.45 bits per heavy atom. The molecule has 0 fully saturated rings. The minimum atomic E-state index is -0.138. The first-order chi connectivity index (χ1) is 10.5. The molecule has 0 aliphatic carbocycles. The van der Waals surface area contributed by atoms with Crippen LogP contribution in [0.4, 0.5) is 5.69 Å². The van der Waals surface area contributed by atoms with E-state index in [0.717, 1.165) is 16.8 Å². The molecule has 0 heterocycles. The van der Waals surface area contributed by atoms with Gasteiger partial charge in [0.25, 0.3) is 5.91 Å². The van der Waals surface area contributed by atoms with Crippen molar-refractivity contribution in [3.63, 3.8) is 0 Å². The molecule has 0 saturated carbocycles. The standard InChI is InChI=1S/C16H16Cl2N2OS/c1-10-7-12(17)8-15(18)14(10)9-19-16(21)11-3-5-13(6-4-11)20-22-2/h3-8,20H,9H2,1-2H3,(H,19,21). The zero-order valence-corrected chi connectivity index (χ0v) is 14.6. The maximum absolute atomic E-state index is 12.2. The average Bonchev–Trinajstić information content (AvgIpc) is 2.47. The van der Waals surface area contributed by atoms with Gasteiger partial charge in [-0.2, -0.15) is 0 Å². The molecule has 0 atom stereocenters. The Kier molecular flexibility index (Phi) is 6.00. The molecule has 0 aliphatic heterocycles. The number of halogens is 2. The first-order valence-corrected chi connectivity index (χ1v) is 8.61. The number of amides is 1. The van der Waals surface area contributed by atoms with Gasteiger partial charge in [-0.05, 0) is 54.4 Å². The molecule has 0 aliphatic rings. The van der Waals surface area contributed by atoms with Crippen LogP contribution in [0, 0.1) is 6.92 Å². The predicted octanol–water partition coefficient (Wildman–Crippen LogP) is 4.92. The molecule has 2 rings (SSSR count). The summed E-state index contributed by atoms with van der Waals surface area (Å²) in [6.07, 6.45) is 1.94. The lowest BCUT2D eigenvalue weighted by Crippen LogP contribution is -2.23. The lowest BCUT2D eigenvalue weighted by atomic mass is 10.1. The fraction of sp³-hybridized carbons (Fsp3) is 0.188. The number of aryl methyl sites for hydroxylation is 1. The smallest absolute Gasteiger partial charge is 0.251 e. The predicted molar refractivity (Wildman–Crippen MR) is 95.9 cm³/mol. The number of rotatable bonds is 5. The van der Waals surface area contributed by atoms with E-state index >= 15 is 0 Å². The Balaban J connectivity index is 2.04. The van der Waals surface area contributed by atoms with Crippen LogP contribution in [0.15, 0.2) is 36.4 Å². The molecule has 2 aromatic rings. The van der Waals surface area contributed by atoms with Crippen molar-refractivity contribution >= 4 is 46.7 Å². The summed E-state index contributed by atoms with van der Waals surface area (Å²) in [4.78, 5) is 12.2. The van der Waals surface area contributed by atoms with Gasteiger partial charge >= 0.3 is 0 Å². The number of hydrogen-bond acceptors (Lipinski definition) is 3. The maximum atomic E-state index is 12.2. The third-order valence-corrected chi connectivity index (χ3v) is 4.17. The zero-order chi connectivity index (χ0) is 16.1. The molecule has 6 heteroatoms. The van der Waals surface area contributed by atoms with E-state index in [1.165, 1.54) is 11.9 Å². The minimum absolute atomic E-state index is 0.138. The second-order valence-corrected chi connectivity index (χ2v) is 6.21. The molecule has 0 radical (unpaired) electrons. The summed E-state index contributed by atoms with van der Waals surface area (Å²) < 4.78 is 3.11. The number of carbonyl (C=O) groups is 1. The molecule has 0 spiro atoms. The van der Waals surface area contributed by atoms with Crippen molar-refractivity contribution in [1.82, 2.24) is 5.32 Å². The lowest BCUT2D eigenvalue weighted by molar-refractivity contribution is 0.0951. The highest BCUT2D eigenvalue weighted by atomic mass is 35.5. The number of hydrogen-bond donors (Lipinski definition) is 2. The Labute approximate surface area is 144 Å². The summed E-state index contributed by atoms with van der Waals surface area (Å²) in [5.74, 6) is -0.138. The summed E-state index contributed by atoms with van der Waals surface area (Å²) in [5, 5.41) is 4.03. The summed E-state index contributed by atoms with van der Waals surface area (Å²) in [5.41, 5.74) is 3.40. The number of carbonyl (C=O) groups excluding carboxylic acids is 1. The first kappa shape index (κ1) is 17.0. The molecule has 22 heavy (non-hydrogen) atoms. The van der Waals surface area contributed by atoms with E-state index in [9.17, 15) is 4.79 Å². The molecular weight excluding hydrogens is 339 g/mol. The van der Waals surface area contributed by atoms with Gasteiger partial charge in [-0.3, -0.25) is 4.79 Å². The third kappa shape index (κ3) is 4.32. The minimum Gasteiger partial charge on any atom is -0.348 e. The Hall–Kier alpha value is -1.36. The van der Waals surface area contributed by atoms with Crippen molar-refractivity contribution in [3.8, 4) is 0 Å².